The van der Waals surface area contributed by atoms with E-state index in [-0.39, 0.29) is 17.7 Å². The number of hydrogen-bond acceptors (Lipinski definition) is 5. The van der Waals surface area contributed by atoms with Crippen LogP contribution in [0.5, 0.6) is 0 Å². The van der Waals surface area contributed by atoms with E-state index >= 15 is 0 Å². The predicted molar refractivity (Wildman–Crippen MR) is 80.7 cm³/mol. The third-order valence-electron chi connectivity index (χ3n) is 6.21. The van der Waals surface area contributed by atoms with Crippen LogP contribution in [0, 0.1) is 17.8 Å². The Bertz CT molecular complexity index is 606. The first-order valence-electron chi connectivity index (χ1n) is 9.01. The number of hydrogen-bond donors (Lipinski definition) is 0. The maximum atomic E-state index is 13.1. The molecule has 4 aliphatic rings. The van der Waals surface area contributed by atoms with Crippen molar-refractivity contribution in [2.45, 2.75) is 43.9 Å². The van der Waals surface area contributed by atoms with E-state index in [1.165, 1.54) is 25.7 Å². The van der Waals surface area contributed by atoms with Crippen LogP contribution in [0.3, 0.4) is 0 Å². The molecule has 23 heavy (non-hydrogen) atoms. The lowest BCUT2D eigenvalue weighted by Gasteiger charge is -2.34. The lowest BCUT2D eigenvalue weighted by atomic mass is 9.78. The van der Waals surface area contributed by atoms with Crippen LogP contribution in [0.2, 0.25) is 0 Å². The quantitative estimate of drug-likeness (QED) is 0.852. The molecular weight excluding hydrogens is 294 g/mol. The Labute approximate surface area is 135 Å². The van der Waals surface area contributed by atoms with Gasteiger partial charge in [-0.05, 0) is 43.9 Å². The van der Waals surface area contributed by atoms with Gasteiger partial charge >= 0.3 is 0 Å². The van der Waals surface area contributed by atoms with E-state index in [4.69, 9.17) is 9.26 Å². The summed E-state index contributed by atoms with van der Waals surface area (Å²) in [4.78, 5) is 19.8. The smallest absolute Gasteiger partial charge is 0.230 e. The standard InChI is InChI=1S/C17H23N3O3/c21-17(20-5-7-22-8-6-20)14-12-4-3-11(9-12)13(14)16-18-15(19-23-16)10-1-2-10/h10-14H,1-9H2/t11-,12+,13+,14+/m1/s1. The zero-order valence-corrected chi connectivity index (χ0v) is 13.3. The van der Waals surface area contributed by atoms with E-state index in [1.807, 2.05) is 4.90 Å². The molecule has 1 aliphatic heterocycles. The minimum Gasteiger partial charge on any atom is -0.378 e. The van der Waals surface area contributed by atoms with Gasteiger partial charge in [0.25, 0.3) is 0 Å². The molecule has 2 bridgehead atoms. The Morgan fingerprint density at radius 3 is 2.65 bits per heavy atom. The first kappa shape index (κ1) is 14.0. The maximum Gasteiger partial charge on any atom is 0.230 e. The summed E-state index contributed by atoms with van der Waals surface area (Å²) in [5, 5.41) is 4.18. The molecule has 0 spiro atoms. The van der Waals surface area contributed by atoms with E-state index in [0.717, 1.165) is 31.2 Å². The highest BCUT2D eigenvalue weighted by atomic mass is 16.5. The van der Waals surface area contributed by atoms with Crippen LogP contribution in [0.15, 0.2) is 4.52 Å². The Morgan fingerprint density at radius 1 is 1.09 bits per heavy atom. The molecule has 4 fully saturated rings. The summed E-state index contributed by atoms with van der Waals surface area (Å²) in [6.07, 6.45) is 5.86. The summed E-state index contributed by atoms with van der Waals surface area (Å²) in [7, 11) is 0. The molecule has 1 aromatic heterocycles. The number of aromatic nitrogens is 2. The Kier molecular flexibility index (Phi) is 3.21. The number of amides is 1. The molecule has 0 unspecified atom stereocenters. The SMILES string of the molecule is O=C([C@H]1[C@H]2CC[C@H](C2)[C@@H]1c1nc(C2CC2)no1)N1CCOCC1. The van der Waals surface area contributed by atoms with Gasteiger partial charge in [-0.15, -0.1) is 0 Å². The number of nitrogens with zero attached hydrogens (tertiary/aromatic N) is 3. The van der Waals surface area contributed by atoms with Crippen LogP contribution < -0.4 is 0 Å². The van der Waals surface area contributed by atoms with Gasteiger partial charge in [0.1, 0.15) is 0 Å². The summed E-state index contributed by atoms with van der Waals surface area (Å²) >= 11 is 0. The lowest BCUT2D eigenvalue weighted by Crippen LogP contribution is -2.46. The topological polar surface area (TPSA) is 68.5 Å². The van der Waals surface area contributed by atoms with E-state index in [2.05, 4.69) is 10.1 Å². The summed E-state index contributed by atoms with van der Waals surface area (Å²) in [6.45, 7) is 2.75. The van der Waals surface area contributed by atoms with Crippen molar-refractivity contribution < 1.29 is 14.1 Å². The molecule has 5 rings (SSSR count). The second kappa shape index (κ2) is 5.30. The van der Waals surface area contributed by atoms with Crippen molar-refractivity contribution in [3.63, 3.8) is 0 Å². The van der Waals surface area contributed by atoms with Gasteiger partial charge in [0.2, 0.25) is 11.8 Å². The molecule has 0 N–H and O–H groups in total. The van der Waals surface area contributed by atoms with Crippen molar-refractivity contribution in [3.8, 4) is 0 Å². The highest BCUT2D eigenvalue weighted by Gasteiger charge is 2.54. The normalized spacial score (nSPS) is 36.6. The number of morpholine rings is 1. The maximum absolute atomic E-state index is 13.1. The third-order valence-corrected chi connectivity index (χ3v) is 6.21. The molecule has 0 radical (unpaired) electrons. The molecule has 1 saturated heterocycles. The van der Waals surface area contributed by atoms with E-state index < -0.39 is 0 Å². The zero-order chi connectivity index (χ0) is 15.4. The molecule has 3 saturated carbocycles. The fraction of sp³-hybridized carbons (Fsp3) is 0.824. The summed E-state index contributed by atoms with van der Waals surface area (Å²) < 4.78 is 11.0. The highest BCUT2D eigenvalue weighted by molar-refractivity contribution is 5.81. The molecule has 4 atom stereocenters. The Balaban J connectivity index is 1.42. The number of rotatable bonds is 3. The van der Waals surface area contributed by atoms with Crippen molar-refractivity contribution in [2.24, 2.45) is 17.8 Å². The summed E-state index contributed by atoms with van der Waals surface area (Å²) in [5.41, 5.74) is 0. The van der Waals surface area contributed by atoms with Crippen molar-refractivity contribution in [1.29, 1.82) is 0 Å². The van der Waals surface area contributed by atoms with Gasteiger partial charge in [0.05, 0.1) is 25.0 Å². The molecule has 6 nitrogen and oxygen atoms in total. The van der Waals surface area contributed by atoms with E-state index in [1.54, 1.807) is 0 Å². The van der Waals surface area contributed by atoms with Crippen molar-refractivity contribution in [2.75, 3.05) is 26.3 Å². The summed E-state index contributed by atoms with van der Waals surface area (Å²) in [6, 6.07) is 0. The van der Waals surface area contributed by atoms with E-state index in [9.17, 15) is 4.79 Å². The zero-order valence-electron chi connectivity index (χ0n) is 13.3. The monoisotopic (exact) mass is 317 g/mol. The predicted octanol–water partition coefficient (Wildman–Crippen LogP) is 1.94. The Hall–Kier alpha value is -1.43. The molecule has 124 valence electrons. The van der Waals surface area contributed by atoms with Crippen LogP contribution in [-0.2, 0) is 9.53 Å². The van der Waals surface area contributed by atoms with Gasteiger partial charge in [-0.3, -0.25) is 4.79 Å². The van der Waals surface area contributed by atoms with E-state index in [0.29, 0.717) is 31.0 Å². The van der Waals surface area contributed by atoms with Gasteiger partial charge in [0, 0.05) is 19.0 Å². The third kappa shape index (κ3) is 2.30. The fourth-order valence-electron chi connectivity index (χ4n) is 4.89. The van der Waals surface area contributed by atoms with Crippen LogP contribution in [0.4, 0.5) is 0 Å². The average Bonchev–Trinajstić information content (AvgIpc) is 3.02. The second-order valence-corrected chi connectivity index (χ2v) is 7.59. The number of carbonyl (C=O) groups excluding carboxylic acids is 1. The van der Waals surface area contributed by atoms with Crippen LogP contribution in [0.1, 0.15) is 55.7 Å². The van der Waals surface area contributed by atoms with Gasteiger partial charge < -0.3 is 14.2 Å². The fourth-order valence-corrected chi connectivity index (χ4v) is 4.89. The molecule has 1 amide bonds. The van der Waals surface area contributed by atoms with Crippen molar-refractivity contribution in [1.82, 2.24) is 15.0 Å². The molecule has 0 aromatic carbocycles. The minimum atomic E-state index is 0.0411. The molecule has 2 heterocycles. The molecule has 6 heteroatoms. The Morgan fingerprint density at radius 2 is 1.87 bits per heavy atom. The largest absolute Gasteiger partial charge is 0.378 e. The summed E-state index contributed by atoms with van der Waals surface area (Å²) in [5.74, 6) is 3.60. The first-order chi connectivity index (χ1) is 11.3. The van der Waals surface area contributed by atoms with Gasteiger partial charge in [-0.2, -0.15) is 4.98 Å². The first-order valence-corrected chi connectivity index (χ1v) is 9.01. The number of ether oxygens (including phenoxy) is 1. The van der Waals surface area contributed by atoms with Crippen molar-refractivity contribution >= 4 is 5.91 Å². The van der Waals surface area contributed by atoms with Gasteiger partial charge in [-0.25, -0.2) is 0 Å². The molecule has 1 aromatic rings. The van der Waals surface area contributed by atoms with Gasteiger partial charge in [0.15, 0.2) is 5.82 Å². The highest BCUT2D eigenvalue weighted by Crippen LogP contribution is 2.57. The lowest BCUT2D eigenvalue weighted by molar-refractivity contribution is -0.142. The molecule has 3 aliphatic carbocycles. The van der Waals surface area contributed by atoms with Crippen LogP contribution >= 0.6 is 0 Å². The minimum absolute atomic E-state index is 0.0411. The molecular formula is C17H23N3O3. The van der Waals surface area contributed by atoms with Crippen LogP contribution in [0.25, 0.3) is 0 Å². The van der Waals surface area contributed by atoms with Crippen molar-refractivity contribution in [3.05, 3.63) is 11.7 Å². The van der Waals surface area contributed by atoms with Crippen LogP contribution in [-0.4, -0.2) is 47.3 Å². The second-order valence-electron chi connectivity index (χ2n) is 7.59. The van der Waals surface area contributed by atoms with Gasteiger partial charge in [-0.1, -0.05) is 5.16 Å². The average molecular weight is 317 g/mol. The number of fused-ring (bicyclic) bond motifs is 2. The number of carbonyl (C=O) groups is 1.